The normalized spacial score (nSPS) is 15.6. The first-order chi connectivity index (χ1) is 19.6. The number of hydrogen-bond acceptors (Lipinski definition) is 5. The van der Waals surface area contributed by atoms with E-state index < -0.39 is 11.9 Å². The van der Waals surface area contributed by atoms with Crippen molar-refractivity contribution in [3.05, 3.63) is 112 Å². The highest BCUT2D eigenvalue weighted by molar-refractivity contribution is 7.99. The predicted molar refractivity (Wildman–Crippen MR) is 172 cm³/mol. The lowest BCUT2D eigenvalue weighted by molar-refractivity contribution is -0.0568. The SMILES string of the molecule is CC(C)(O)c1ccccc1CC[C@@H](SCC1(CC(O)O)CC1)c1cccc(C=Cc2ccc3ccc(Cl)cc3n2)c1. The summed E-state index contributed by atoms with van der Waals surface area (Å²) in [5, 5.41) is 32.0. The van der Waals surface area contributed by atoms with Gasteiger partial charge in [-0.1, -0.05) is 78.3 Å². The van der Waals surface area contributed by atoms with Crippen LogP contribution in [-0.4, -0.2) is 32.3 Å². The first-order valence-electron chi connectivity index (χ1n) is 14.2. The van der Waals surface area contributed by atoms with Crippen LogP contribution in [0.3, 0.4) is 0 Å². The van der Waals surface area contributed by atoms with E-state index in [-0.39, 0.29) is 10.7 Å². The number of halogens is 1. The van der Waals surface area contributed by atoms with Crippen molar-refractivity contribution in [3.63, 3.8) is 0 Å². The van der Waals surface area contributed by atoms with Crippen molar-refractivity contribution in [1.29, 1.82) is 0 Å². The third-order valence-corrected chi connectivity index (χ3v) is 9.84. The molecule has 0 saturated heterocycles. The lowest BCUT2D eigenvalue weighted by Gasteiger charge is -2.25. The Morgan fingerprint density at radius 1 is 0.976 bits per heavy atom. The Labute approximate surface area is 252 Å². The van der Waals surface area contributed by atoms with E-state index in [1.165, 1.54) is 5.56 Å². The van der Waals surface area contributed by atoms with Crippen LogP contribution < -0.4 is 0 Å². The van der Waals surface area contributed by atoms with Gasteiger partial charge in [0.15, 0.2) is 6.29 Å². The van der Waals surface area contributed by atoms with Crippen molar-refractivity contribution in [1.82, 2.24) is 4.98 Å². The van der Waals surface area contributed by atoms with Crippen molar-refractivity contribution in [3.8, 4) is 0 Å². The van der Waals surface area contributed by atoms with Gasteiger partial charge in [-0.2, -0.15) is 11.8 Å². The molecule has 3 N–H and O–H groups in total. The van der Waals surface area contributed by atoms with Gasteiger partial charge in [-0.05, 0) is 97.2 Å². The Morgan fingerprint density at radius 3 is 2.51 bits per heavy atom. The number of benzene rings is 3. The van der Waals surface area contributed by atoms with Gasteiger partial charge in [-0.15, -0.1) is 0 Å². The molecule has 214 valence electrons. The van der Waals surface area contributed by atoms with E-state index in [0.29, 0.717) is 11.4 Å². The predicted octanol–water partition coefficient (Wildman–Crippen LogP) is 8.17. The number of fused-ring (bicyclic) bond motifs is 1. The van der Waals surface area contributed by atoms with Crippen molar-refractivity contribution >= 4 is 46.4 Å². The number of thioether (sulfide) groups is 1. The number of aliphatic hydroxyl groups is 3. The Morgan fingerprint density at radius 2 is 1.76 bits per heavy atom. The van der Waals surface area contributed by atoms with E-state index >= 15 is 0 Å². The van der Waals surface area contributed by atoms with E-state index in [0.717, 1.165) is 64.7 Å². The lowest BCUT2D eigenvalue weighted by atomic mass is 9.90. The minimum absolute atomic E-state index is 0.0181. The monoisotopic (exact) mass is 587 g/mol. The molecular weight excluding hydrogens is 550 g/mol. The first kappa shape index (κ1) is 29.8. The number of aromatic nitrogens is 1. The number of pyridine rings is 1. The second-order valence-corrected chi connectivity index (χ2v) is 13.4. The van der Waals surface area contributed by atoms with Crippen LogP contribution in [0.25, 0.3) is 23.1 Å². The molecule has 1 heterocycles. The quantitative estimate of drug-likeness (QED) is 0.146. The van der Waals surface area contributed by atoms with E-state index in [1.54, 1.807) is 0 Å². The Bertz CT molecular complexity index is 1520. The van der Waals surface area contributed by atoms with Crippen LogP contribution in [0.15, 0.2) is 78.9 Å². The minimum atomic E-state index is -1.26. The van der Waals surface area contributed by atoms with Crippen LogP contribution in [-0.2, 0) is 12.0 Å². The van der Waals surface area contributed by atoms with E-state index in [4.69, 9.17) is 16.6 Å². The zero-order chi connectivity index (χ0) is 29.0. The third-order valence-electron chi connectivity index (χ3n) is 7.92. The van der Waals surface area contributed by atoms with Gasteiger partial charge in [0.1, 0.15) is 0 Å². The molecule has 1 aliphatic carbocycles. The van der Waals surface area contributed by atoms with Crippen LogP contribution in [0, 0.1) is 5.41 Å². The highest BCUT2D eigenvalue weighted by atomic mass is 35.5. The fourth-order valence-electron chi connectivity index (χ4n) is 5.46. The Balaban J connectivity index is 1.37. The highest BCUT2D eigenvalue weighted by Crippen LogP contribution is 2.54. The summed E-state index contributed by atoms with van der Waals surface area (Å²) in [4.78, 5) is 4.75. The molecule has 5 rings (SSSR count). The molecule has 4 nitrogen and oxygen atoms in total. The van der Waals surface area contributed by atoms with Crippen molar-refractivity contribution in [2.45, 2.75) is 63.1 Å². The molecule has 0 aliphatic heterocycles. The van der Waals surface area contributed by atoms with E-state index in [1.807, 2.05) is 74.1 Å². The summed E-state index contributed by atoms with van der Waals surface area (Å²) in [7, 11) is 0. The van der Waals surface area contributed by atoms with Gasteiger partial charge in [0, 0.05) is 22.1 Å². The third kappa shape index (κ3) is 8.00. The molecule has 0 bridgehead atoms. The summed E-state index contributed by atoms with van der Waals surface area (Å²) in [5.74, 6) is 0.895. The van der Waals surface area contributed by atoms with Crippen molar-refractivity contribution < 1.29 is 15.3 Å². The van der Waals surface area contributed by atoms with Crippen LogP contribution in [0.2, 0.25) is 5.02 Å². The molecule has 6 heteroatoms. The summed E-state index contributed by atoms with van der Waals surface area (Å²) in [6, 6.07) is 26.6. The van der Waals surface area contributed by atoms with Gasteiger partial charge in [0.05, 0.1) is 16.8 Å². The number of aryl methyl sites for hydroxylation is 1. The topological polar surface area (TPSA) is 73.6 Å². The van der Waals surface area contributed by atoms with Gasteiger partial charge in [0.25, 0.3) is 0 Å². The van der Waals surface area contributed by atoms with Crippen molar-refractivity contribution in [2.24, 2.45) is 5.41 Å². The van der Waals surface area contributed by atoms with Crippen molar-refractivity contribution in [2.75, 3.05) is 5.75 Å². The number of aliphatic hydroxyl groups excluding tert-OH is 1. The number of rotatable bonds is 12. The standard InChI is InChI=1S/C35H38ClNO3S/c1-34(2,40)30-9-4-3-7-25(30)13-17-32(41-23-35(18-19-35)22-33(38)39)27-8-5-6-24(20-27)10-15-29-16-12-26-11-14-28(36)21-31(26)37-29/h3-12,14-16,20-21,32-33,38-40H,13,17-19,22-23H2,1-2H3/t32-/m1/s1. The summed E-state index contributed by atoms with van der Waals surface area (Å²) in [6.07, 6.45) is 7.13. The van der Waals surface area contributed by atoms with Gasteiger partial charge < -0.3 is 15.3 Å². The molecule has 1 aliphatic rings. The van der Waals surface area contributed by atoms with Crippen LogP contribution in [0.5, 0.6) is 0 Å². The lowest BCUT2D eigenvalue weighted by Crippen LogP contribution is -2.18. The molecule has 4 aromatic rings. The fraction of sp³-hybridized carbons (Fsp3) is 0.343. The molecule has 41 heavy (non-hydrogen) atoms. The molecule has 0 unspecified atom stereocenters. The Hall–Kier alpha value is -2.67. The fourth-order valence-corrected chi connectivity index (χ4v) is 7.21. The second kappa shape index (κ2) is 12.7. The maximum Gasteiger partial charge on any atom is 0.152 e. The molecule has 1 aromatic heterocycles. The Kier molecular flexibility index (Phi) is 9.22. The smallest absolute Gasteiger partial charge is 0.152 e. The average molecular weight is 588 g/mol. The van der Waals surface area contributed by atoms with Gasteiger partial charge >= 0.3 is 0 Å². The summed E-state index contributed by atoms with van der Waals surface area (Å²) < 4.78 is 0. The molecule has 1 saturated carbocycles. The molecular formula is C35H38ClNO3S. The number of nitrogens with zero attached hydrogens (tertiary/aromatic N) is 1. The zero-order valence-corrected chi connectivity index (χ0v) is 25.2. The van der Waals surface area contributed by atoms with Gasteiger partial charge in [0.2, 0.25) is 0 Å². The van der Waals surface area contributed by atoms with E-state index in [9.17, 15) is 15.3 Å². The molecule has 1 fully saturated rings. The number of hydrogen-bond donors (Lipinski definition) is 3. The molecule has 0 radical (unpaired) electrons. The highest BCUT2D eigenvalue weighted by Gasteiger charge is 2.44. The molecule has 3 aromatic carbocycles. The van der Waals surface area contributed by atoms with Crippen LogP contribution in [0.1, 0.15) is 72.7 Å². The summed E-state index contributed by atoms with van der Waals surface area (Å²) in [5.41, 5.74) is 5.34. The van der Waals surface area contributed by atoms with Gasteiger partial charge in [-0.3, -0.25) is 0 Å². The molecule has 1 atom stereocenters. The van der Waals surface area contributed by atoms with E-state index in [2.05, 4.69) is 42.5 Å². The second-order valence-electron chi connectivity index (χ2n) is 11.8. The average Bonchev–Trinajstić information content (AvgIpc) is 3.70. The van der Waals surface area contributed by atoms with Gasteiger partial charge in [-0.25, -0.2) is 4.98 Å². The maximum atomic E-state index is 10.7. The zero-order valence-electron chi connectivity index (χ0n) is 23.6. The summed E-state index contributed by atoms with van der Waals surface area (Å²) in [6.45, 7) is 3.67. The van der Waals surface area contributed by atoms with Crippen LogP contribution >= 0.6 is 23.4 Å². The largest absolute Gasteiger partial charge is 0.386 e. The first-order valence-corrected chi connectivity index (χ1v) is 15.7. The molecule has 0 amide bonds. The molecule has 0 spiro atoms. The minimum Gasteiger partial charge on any atom is -0.386 e. The van der Waals surface area contributed by atoms with Crippen LogP contribution in [0.4, 0.5) is 0 Å². The summed E-state index contributed by atoms with van der Waals surface area (Å²) >= 11 is 8.08. The maximum absolute atomic E-state index is 10.7.